The molecule has 7 heteroatoms. The predicted octanol–water partition coefficient (Wildman–Crippen LogP) is 4.99. The van der Waals surface area contributed by atoms with Gasteiger partial charge in [0.15, 0.2) is 0 Å². The lowest BCUT2D eigenvalue weighted by molar-refractivity contribution is -0.114. The van der Waals surface area contributed by atoms with E-state index in [4.69, 9.17) is 0 Å². The molecule has 0 bridgehead atoms. The lowest BCUT2D eigenvalue weighted by atomic mass is 10.0. The lowest BCUT2D eigenvalue weighted by Gasteiger charge is -2.15. The molecule has 2 rings (SSSR count). The molecule has 0 spiro atoms. The van der Waals surface area contributed by atoms with Crippen molar-refractivity contribution in [3.63, 3.8) is 0 Å². The molecule has 0 saturated carbocycles. The summed E-state index contributed by atoms with van der Waals surface area (Å²) in [4.78, 5) is 13.3. The molecule has 0 unspecified atom stereocenters. The standard InChI is InChI=1S/C17H17F3N2OS/c1-11(23)21-16-9-8-14(24-17(18,19)20)10-15(16)12-4-6-13(7-5-12)22(2)3/h4-10H,1-3H3,(H,21,23). The number of hydrogen-bond donors (Lipinski definition) is 1. The van der Waals surface area contributed by atoms with Gasteiger partial charge in [0.1, 0.15) is 0 Å². The topological polar surface area (TPSA) is 32.3 Å². The molecule has 24 heavy (non-hydrogen) atoms. The Labute approximate surface area is 142 Å². The SMILES string of the molecule is CC(=O)Nc1ccc(SC(F)(F)F)cc1-c1ccc(N(C)C)cc1. The first-order chi connectivity index (χ1) is 11.2. The van der Waals surface area contributed by atoms with Crippen LogP contribution in [0.1, 0.15) is 6.92 Å². The molecule has 0 radical (unpaired) electrons. The van der Waals surface area contributed by atoms with Crippen molar-refractivity contribution in [2.24, 2.45) is 0 Å². The highest BCUT2D eigenvalue weighted by atomic mass is 32.2. The first-order valence-electron chi connectivity index (χ1n) is 7.11. The second kappa shape index (κ2) is 7.17. The van der Waals surface area contributed by atoms with Crippen molar-refractivity contribution in [2.75, 3.05) is 24.3 Å². The molecule has 0 atom stereocenters. The molecular weight excluding hydrogens is 337 g/mol. The Bertz CT molecular complexity index is 728. The summed E-state index contributed by atoms with van der Waals surface area (Å²) in [5, 5.41) is 2.66. The zero-order valence-corrected chi connectivity index (χ0v) is 14.3. The number of hydrogen-bond acceptors (Lipinski definition) is 3. The van der Waals surface area contributed by atoms with Gasteiger partial charge in [0.2, 0.25) is 5.91 Å². The van der Waals surface area contributed by atoms with Crippen LogP contribution in [0.3, 0.4) is 0 Å². The number of rotatable bonds is 4. The summed E-state index contributed by atoms with van der Waals surface area (Å²) in [6.07, 6.45) is 0. The Morgan fingerprint density at radius 3 is 2.21 bits per heavy atom. The van der Waals surface area contributed by atoms with Crippen LogP contribution in [-0.2, 0) is 4.79 Å². The van der Waals surface area contributed by atoms with Crippen LogP contribution in [0.4, 0.5) is 24.5 Å². The molecule has 3 nitrogen and oxygen atoms in total. The molecule has 0 aliphatic rings. The molecule has 128 valence electrons. The summed E-state index contributed by atoms with van der Waals surface area (Å²) < 4.78 is 37.8. The van der Waals surface area contributed by atoms with E-state index in [2.05, 4.69) is 5.32 Å². The van der Waals surface area contributed by atoms with E-state index in [0.717, 1.165) is 11.3 Å². The van der Waals surface area contributed by atoms with Crippen LogP contribution in [0.5, 0.6) is 0 Å². The number of thioether (sulfide) groups is 1. The maximum absolute atomic E-state index is 12.6. The Hall–Kier alpha value is -2.15. The number of amides is 1. The van der Waals surface area contributed by atoms with Gasteiger partial charge in [0.25, 0.3) is 0 Å². The van der Waals surface area contributed by atoms with Crippen LogP contribution in [0.15, 0.2) is 47.4 Å². The van der Waals surface area contributed by atoms with E-state index in [0.29, 0.717) is 11.3 Å². The van der Waals surface area contributed by atoms with Gasteiger partial charge < -0.3 is 10.2 Å². The van der Waals surface area contributed by atoms with Crippen LogP contribution in [0.2, 0.25) is 0 Å². The second-order valence-electron chi connectivity index (χ2n) is 5.38. The smallest absolute Gasteiger partial charge is 0.378 e. The van der Waals surface area contributed by atoms with Crippen molar-refractivity contribution in [1.29, 1.82) is 0 Å². The highest BCUT2D eigenvalue weighted by Gasteiger charge is 2.29. The van der Waals surface area contributed by atoms with Gasteiger partial charge in [-0.05, 0) is 47.7 Å². The lowest BCUT2D eigenvalue weighted by Crippen LogP contribution is -2.08. The van der Waals surface area contributed by atoms with Crippen molar-refractivity contribution in [2.45, 2.75) is 17.3 Å². The van der Waals surface area contributed by atoms with Crippen LogP contribution < -0.4 is 10.2 Å². The van der Waals surface area contributed by atoms with Crippen molar-refractivity contribution in [3.8, 4) is 11.1 Å². The Morgan fingerprint density at radius 1 is 1.08 bits per heavy atom. The summed E-state index contributed by atoms with van der Waals surface area (Å²) in [6.45, 7) is 1.36. The van der Waals surface area contributed by atoms with Gasteiger partial charge in [-0.3, -0.25) is 4.79 Å². The van der Waals surface area contributed by atoms with E-state index in [-0.39, 0.29) is 22.6 Å². The first kappa shape index (κ1) is 18.2. The average molecular weight is 354 g/mol. The first-order valence-corrected chi connectivity index (χ1v) is 7.92. The van der Waals surface area contributed by atoms with Gasteiger partial charge >= 0.3 is 5.51 Å². The number of alkyl halides is 3. The van der Waals surface area contributed by atoms with Gasteiger partial charge in [-0.25, -0.2) is 0 Å². The maximum Gasteiger partial charge on any atom is 0.446 e. The summed E-state index contributed by atoms with van der Waals surface area (Å²) >= 11 is -0.176. The second-order valence-corrected chi connectivity index (χ2v) is 6.52. The van der Waals surface area contributed by atoms with Crippen LogP contribution in [0.25, 0.3) is 11.1 Å². The van der Waals surface area contributed by atoms with E-state index in [1.54, 1.807) is 0 Å². The van der Waals surface area contributed by atoms with Gasteiger partial charge in [-0.2, -0.15) is 13.2 Å². The number of nitrogens with one attached hydrogen (secondary N) is 1. The quantitative estimate of drug-likeness (QED) is 0.785. The van der Waals surface area contributed by atoms with E-state index >= 15 is 0 Å². The molecule has 1 N–H and O–H groups in total. The minimum Gasteiger partial charge on any atom is -0.378 e. The van der Waals surface area contributed by atoms with E-state index in [9.17, 15) is 18.0 Å². The monoisotopic (exact) mass is 354 g/mol. The molecule has 0 aliphatic carbocycles. The fourth-order valence-corrected chi connectivity index (χ4v) is 2.78. The number of benzene rings is 2. The third-order valence-electron chi connectivity index (χ3n) is 3.23. The molecule has 1 amide bonds. The summed E-state index contributed by atoms with van der Waals surface area (Å²) in [7, 11) is 3.80. The fraction of sp³-hybridized carbons (Fsp3) is 0.235. The Morgan fingerprint density at radius 2 is 1.71 bits per heavy atom. The highest BCUT2D eigenvalue weighted by molar-refractivity contribution is 8.00. The van der Waals surface area contributed by atoms with E-state index in [1.165, 1.54) is 25.1 Å². The van der Waals surface area contributed by atoms with E-state index in [1.807, 2.05) is 43.3 Å². The van der Waals surface area contributed by atoms with Crippen LogP contribution in [-0.4, -0.2) is 25.5 Å². The molecule has 0 fully saturated rings. The third-order valence-corrected chi connectivity index (χ3v) is 3.95. The summed E-state index contributed by atoms with van der Waals surface area (Å²) in [5.41, 5.74) is -1.63. The maximum atomic E-state index is 12.6. The molecule has 0 saturated heterocycles. The van der Waals surface area contributed by atoms with Crippen LogP contribution in [0, 0.1) is 0 Å². The largest absolute Gasteiger partial charge is 0.446 e. The van der Waals surface area contributed by atoms with Crippen molar-refractivity contribution >= 4 is 29.0 Å². The number of carbonyl (C=O) groups is 1. The highest BCUT2D eigenvalue weighted by Crippen LogP contribution is 2.40. The van der Waals surface area contributed by atoms with Gasteiger partial charge in [0.05, 0.1) is 0 Å². The minimum atomic E-state index is -4.36. The molecule has 0 heterocycles. The third kappa shape index (κ3) is 4.92. The normalized spacial score (nSPS) is 11.2. The zero-order chi connectivity index (χ0) is 17.9. The van der Waals surface area contributed by atoms with E-state index < -0.39 is 5.51 Å². The molecule has 0 aromatic heterocycles. The summed E-state index contributed by atoms with van der Waals surface area (Å²) in [6, 6.07) is 11.7. The number of carbonyl (C=O) groups excluding carboxylic acids is 1. The van der Waals surface area contributed by atoms with Gasteiger partial charge in [-0.15, -0.1) is 0 Å². The van der Waals surface area contributed by atoms with Crippen molar-refractivity contribution in [1.82, 2.24) is 0 Å². The van der Waals surface area contributed by atoms with Gasteiger partial charge in [0, 0.05) is 42.9 Å². The molecule has 2 aromatic rings. The Balaban J connectivity index is 2.46. The van der Waals surface area contributed by atoms with Crippen molar-refractivity contribution in [3.05, 3.63) is 42.5 Å². The predicted molar refractivity (Wildman–Crippen MR) is 92.4 cm³/mol. The minimum absolute atomic E-state index is 0.0725. The molecule has 2 aromatic carbocycles. The van der Waals surface area contributed by atoms with Gasteiger partial charge in [-0.1, -0.05) is 12.1 Å². The van der Waals surface area contributed by atoms with Crippen LogP contribution >= 0.6 is 11.8 Å². The summed E-state index contributed by atoms with van der Waals surface area (Å²) in [5.74, 6) is -0.280. The van der Waals surface area contributed by atoms with Crippen molar-refractivity contribution < 1.29 is 18.0 Å². The number of halogens is 3. The fourth-order valence-electron chi connectivity index (χ4n) is 2.20. The number of anilines is 2. The zero-order valence-electron chi connectivity index (χ0n) is 13.4. The Kier molecular flexibility index (Phi) is 5.43. The number of nitrogens with zero attached hydrogens (tertiary/aromatic N) is 1. The molecule has 0 aliphatic heterocycles. The average Bonchev–Trinajstić information content (AvgIpc) is 2.47. The molecular formula is C17H17F3N2OS.